The van der Waals surface area contributed by atoms with Gasteiger partial charge in [0.25, 0.3) is 0 Å². The molecule has 0 aromatic carbocycles. The molecule has 3 amide bonds. The second-order valence-electron chi connectivity index (χ2n) is 10.7. The highest BCUT2D eigenvalue weighted by molar-refractivity contribution is 5.74. The minimum Gasteiger partial charge on any atom is -0.450 e. The fraction of sp³-hybridized carbons (Fsp3) is 0.731. The molecule has 1 spiro atoms. The molecular formula is C26H39N5O3. The zero-order chi connectivity index (χ0) is 23.5. The third kappa shape index (κ3) is 4.88. The van der Waals surface area contributed by atoms with Crippen LogP contribution in [0.1, 0.15) is 57.6 Å². The number of hydrogen-bond acceptors (Lipinski definition) is 5. The lowest BCUT2D eigenvalue weighted by Gasteiger charge is -2.52. The van der Waals surface area contributed by atoms with Crippen LogP contribution in [-0.4, -0.2) is 83.2 Å². The van der Waals surface area contributed by atoms with Crippen molar-refractivity contribution in [2.24, 2.45) is 11.3 Å². The van der Waals surface area contributed by atoms with E-state index >= 15 is 0 Å². The first kappa shape index (κ1) is 23.4. The van der Waals surface area contributed by atoms with E-state index in [0.717, 1.165) is 57.7 Å². The smallest absolute Gasteiger partial charge is 0.409 e. The van der Waals surface area contributed by atoms with Gasteiger partial charge in [-0.15, -0.1) is 0 Å². The summed E-state index contributed by atoms with van der Waals surface area (Å²) in [6.45, 7) is 7.63. The minimum absolute atomic E-state index is 0.0592. The van der Waals surface area contributed by atoms with Gasteiger partial charge in [0.1, 0.15) is 0 Å². The van der Waals surface area contributed by atoms with Crippen molar-refractivity contribution in [2.75, 3.05) is 39.3 Å². The monoisotopic (exact) mass is 469 g/mol. The molecule has 1 aromatic rings. The van der Waals surface area contributed by atoms with Gasteiger partial charge in [0, 0.05) is 37.9 Å². The molecular weight excluding hydrogens is 430 g/mol. The van der Waals surface area contributed by atoms with Crippen LogP contribution in [0.5, 0.6) is 0 Å². The maximum Gasteiger partial charge on any atom is 0.409 e. The largest absolute Gasteiger partial charge is 0.450 e. The molecule has 5 rings (SSSR count). The Morgan fingerprint density at radius 1 is 1.15 bits per heavy atom. The van der Waals surface area contributed by atoms with E-state index in [0.29, 0.717) is 36.6 Å². The van der Waals surface area contributed by atoms with Gasteiger partial charge in [-0.3, -0.25) is 4.98 Å². The van der Waals surface area contributed by atoms with Crippen molar-refractivity contribution >= 4 is 12.1 Å². The second kappa shape index (κ2) is 10.1. The summed E-state index contributed by atoms with van der Waals surface area (Å²) in [6.07, 6.45) is 9.72. The van der Waals surface area contributed by atoms with Gasteiger partial charge in [-0.1, -0.05) is 6.07 Å². The second-order valence-corrected chi connectivity index (χ2v) is 10.7. The summed E-state index contributed by atoms with van der Waals surface area (Å²) in [5, 5.41) is 3.08. The highest BCUT2D eigenvalue weighted by atomic mass is 16.6. The number of piperidine rings is 1. The average Bonchev–Trinajstić information content (AvgIpc) is 3.51. The number of ether oxygens (including phenoxy) is 1. The van der Waals surface area contributed by atoms with Gasteiger partial charge in [0.2, 0.25) is 0 Å². The summed E-state index contributed by atoms with van der Waals surface area (Å²) >= 11 is 0. The fourth-order valence-electron chi connectivity index (χ4n) is 6.81. The number of likely N-dealkylation sites (tertiary alicyclic amines) is 3. The molecule has 3 aliphatic heterocycles. The van der Waals surface area contributed by atoms with Crippen LogP contribution in [0.15, 0.2) is 24.4 Å². The Morgan fingerprint density at radius 2 is 1.97 bits per heavy atom. The molecule has 34 heavy (non-hydrogen) atoms. The van der Waals surface area contributed by atoms with Gasteiger partial charge >= 0.3 is 12.1 Å². The van der Waals surface area contributed by atoms with E-state index in [1.165, 1.54) is 25.7 Å². The quantitative estimate of drug-likeness (QED) is 0.714. The molecule has 4 fully saturated rings. The Balaban J connectivity index is 1.06. The summed E-state index contributed by atoms with van der Waals surface area (Å²) in [4.78, 5) is 35.9. The maximum atomic E-state index is 12.9. The molecule has 8 nitrogen and oxygen atoms in total. The highest BCUT2D eigenvalue weighted by Gasteiger charge is 2.51. The topological polar surface area (TPSA) is 78.0 Å². The molecule has 4 heterocycles. The van der Waals surface area contributed by atoms with Crippen LogP contribution in [0.2, 0.25) is 0 Å². The number of aromatic nitrogens is 1. The molecule has 0 bridgehead atoms. The van der Waals surface area contributed by atoms with Crippen molar-refractivity contribution in [2.45, 2.75) is 70.5 Å². The average molecular weight is 470 g/mol. The van der Waals surface area contributed by atoms with Crippen molar-refractivity contribution in [1.29, 1.82) is 0 Å². The normalized spacial score (nSPS) is 29.9. The lowest BCUT2D eigenvalue weighted by atomic mass is 9.64. The summed E-state index contributed by atoms with van der Waals surface area (Å²) in [7, 11) is 0. The van der Waals surface area contributed by atoms with Gasteiger partial charge in [-0.05, 0) is 88.4 Å². The van der Waals surface area contributed by atoms with Crippen LogP contribution >= 0.6 is 0 Å². The highest BCUT2D eigenvalue weighted by Crippen LogP contribution is 2.51. The number of carbonyl (C=O) groups is 2. The Morgan fingerprint density at radius 3 is 2.71 bits per heavy atom. The van der Waals surface area contributed by atoms with Gasteiger partial charge in [-0.2, -0.15) is 0 Å². The molecule has 1 aliphatic carbocycles. The molecule has 1 unspecified atom stereocenters. The molecule has 1 atom stereocenters. The van der Waals surface area contributed by atoms with Crippen LogP contribution in [0, 0.1) is 11.3 Å². The molecule has 1 aromatic heterocycles. The first-order chi connectivity index (χ1) is 16.6. The predicted octanol–water partition coefficient (Wildman–Crippen LogP) is 3.48. The number of nitrogens with zero attached hydrogens (tertiary/aromatic N) is 4. The van der Waals surface area contributed by atoms with E-state index < -0.39 is 0 Å². The summed E-state index contributed by atoms with van der Waals surface area (Å²) in [6, 6.07) is 6.87. The van der Waals surface area contributed by atoms with E-state index in [1.54, 1.807) is 6.20 Å². The molecule has 4 aliphatic rings. The summed E-state index contributed by atoms with van der Waals surface area (Å²) < 4.78 is 5.20. The van der Waals surface area contributed by atoms with Crippen molar-refractivity contribution in [3.05, 3.63) is 30.1 Å². The standard InChI is InChI=1S/C26H39N5O3/c1-2-34-25(33)30-15-10-26(19-30)16-22(17-26)29-13-8-20(9-14-29)23-7-5-12-31(23)24(32)28-18-21-6-3-4-11-27-21/h3-4,6,11,20,22-23H,2,5,7-10,12-19H2,1H3,(H,28,32). The summed E-state index contributed by atoms with van der Waals surface area (Å²) in [5.74, 6) is 0.596. The van der Waals surface area contributed by atoms with Crippen LogP contribution in [0.3, 0.4) is 0 Å². The molecule has 3 saturated heterocycles. The zero-order valence-electron chi connectivity index (χ0n) is 20.5. The van der Waals surface area contributed by atoms with Crippen LogP contribution in [-0.2, 0) is 11.3 Å². The third-order valence-corrected chi connectivity index (χ3v) is 8.64. The maximum absolute atomic E-state index is 12.9. The first-order valence-electron chi connectivity index (χ1n) is 13.2. The molecule has 0 radical (unpaired) electrons. The minimum atomic E-state index is -0.145. The van der Waals surface area contributed by atoms with E-state index in [9.17, 15) is 9.59 Å². The van der Waals surface area contributed by atoms with Crippen molar-refractivity contribution < 1.29 is 14.3 Å². The zero-order valence-corrected chi connectivity index (χ0v) is 20.5. The number of urea groups is 1. The first-order valence-corrected chi connectivity index (χ1v) is 13.2. The van der Waals surface area contributed by atoms with Gasteiger partial charge in [-0.25, -0.2) is 9.59 Å². The van der Waals surface area contributed by atoms with Crippen LogP contribution in [0.4, 0.5) is 9.59 Å². The van der Waals surface area contributed by atoms with Gasteiger partial charge < -0.3 is 24.8 Å². The lowest BCUT2D eigenvalue weighted by molar-refractivity contribution is -0.0144. The Labute approximate surface area is 203 Å². The molecule has 1 saturated carbocycles. The Hall–Kier alpha value is -2.35. The van der Waals surface area contributed by atoms with Gasteiger partial charge in [0.05, 0.1) is 18.8 Å². The van der Waals surface area contributed by atoms with E-state index in [2.05, 4.69) is 20.1 Å². The number of nitrogens with one attached hydrogen (secondary N) is 1. The van der Waals surface area contributed by atoms with Gasteiger partial charge in [0.15, 0.2) is 0 Å². The number of hydrogen-bond donors (Lipinski definition) is 1. The van der Waals surface area contributed by atoms with E-state index in [4.69, 9.17) is 4.74 Å². The number of pyridine rings is 1. The van der Waals surface area contributed by atoms with E-state index in [1.807, 2.05) is 30.0 Å². The lowest BCUT2D eigenvalue weighted by Crippen LogP contribution is -2.55. The predicted molar refractivity (Wildman–Crippen MR) is 129 cm³/mol. The van der Waals surface area contributed by atoms with Crippen molar-refractivity contribution in [3.8, 4) is 0 Å². The SMILES string of the molecule is CCOC(=O)N1CCC2(CC(N3CCC(C4CCCN4C(=O)NCc4ccccn4)CC3)C2)C1. The van der Waals surface area contributed by atoms with E-state index in [-0.39, 0.29) is 12.1 Å². The van der Waals surface area contributed by atoms with Crippen LogP contribution < -0.4 is 5.32 Å². The number of carbonyl (C=O) groups excluding carboxylic acids is 2. The number of rotatable bonds is 5. The fourth-order valence-corrected chi connectivity index (χ4v) is 6.81. The van der Waals surface area contributed by atoms with Crippen LogP contribution in [0.25, 0.3) is 0 Å². The Bertz CT molecular complexity index is 851. The summed E-state index contributed by atoms with van der Waals surface area (Å²) in [5.41, 5.74) is 1.22. The molecule has 8 heteroatoms. The molecule has 1 N–H and O–H groups in total. The number of amides is 3. The third-order valence-electron chi connectivity index (χ3n) is 8.64. The molecule has 186 valence electrons. The van der Waals surface area contributed by atoms with Crippen molar-refractivity contribution in [3.63, 3.8) is 0 Å². The van der Waals surface area contributed by atoms with Crippen molar-refractivity contribution in [1.82, 2.24) is 25.0 Å². The Kier molecular flexibility index (Phi) is 6.95.